The lowest BCUT2D eigenvalue weighted by Crippen LogP contribution is -2.39. The number of anilines is 2. The van der Waals surface area contributed by atoms with Crippen LogP contribution in [0.1, 0.15) is 23.9 Å². The van der Waals surface area contributed by atoms with Crippen molar-refractivity contribution in [3.8, 4) is 5.75 Å². The van der Waals surface area contributed by atoms with Crippen LogP contribution >= 0.6 is 0 Å². The number of nitrogens with one attached hydrogen (secondary N) is 2. The van der Waals surface area contributed by atoms with Crippen molar-refractivity contribution >= 4 is 17.5 Å². The summed E-state index contributed by atoms with van der Waals surface area (Å²) in [4.78, 5) is 17.9. The summed E-state index contributed by atoms with van der Waals surface area (Å²) < 4.78 is 6.93. The molecule has 0 radical (unpaired) electrons. The maximum Gasteiger partial charge on any atom is 0.235 e. The van der Waals surface area contributed by atoms with E-state index in [-0.39, 0.29) is 12.5 Å². The third-order valence-corrected chi connectivity index (χ3v) is 5.24. The molecular formula is C23H25N5O3. The van der Waals surface area contributed by atoms with Gasteiger partial charge in [-0.15, -0.1) is 0 Å². The van der Waals surface area contributed by atoms with Crippen molar-refractivity contribution in [1.82, 2.24) is 14.8 Å². The van der Waals surface area contributed by atoms with Gasteiger partial charge in [-0.2, -0.15) is 10.1 Å². The van der Waals surface area contributed by atoms with Crippen molar-refractivity contribution in [1.29, 1.82) is 0 Å². The predicted molar refractivity (Wildman–Crippen MR) is 118 cm³/mol. The van der Waals surface area contributed by atoms with Crippen LogP contribution in [0, 0.1) is 5.92 Å². The van der Waals surface area contributed by atoms with Gasteiger partial charge >= 0.3 is 0 Å². The van der Waals surface area contributed by atoms with Gasteiger partial charge in [-0.1, -0.05) is 36.9 Å². The highest BCUT2D eigenvalue weighted by Crippen LogP contribution is 2.38. The van der Waals surface area contributed by atoms with Crippen LogP contribution in [0.4, 0.5) is 11.6 Å². The first-order valence-electron chi connectivity index (χ1n) is 10.1. The van der Waals surface area contributed by atoms with Crippen LogP contribution in [-0.4, -0.2) is 39.5 Å². The molecule has 0 saturated heterocycles. The molecule has 1 amide bonds. The molecule has 0 unspecified atom stereocenters. The van der Waals surface area contributed by atoms with Crippen LogP contribution in [0.3, 0.4) is 0 Å². The molecule has 0 bridgehead atoms. The van der Waals surface area contributed by atoms with E-state index in [0.717, 1.165) is 5.56 Å². The number of ether oxygens (including phenoxy) is 1. The van der Waals surface area contributed by atoms with Crippen LogP contribution < -0.4 is 15.4 Å². The second-order valence-electron chi connectivity index (χ2n) is 7.32. The molecule has 8 heteroatoms. The minimum Gasteiger partial charge on any atom is -0.497 e. The van der Waals surface area contributed by atoms with E-state index in [4.69, 9.17) is 9.84 Å². The number of aryl methyl sites for hydroxylation is 1. The SMILES string of the molecule is C=C1Nc2nc(CCCO)nn2[C@@H](c2ccccc2)[C@H]1C(=O)Nc1ccc(OC)cc1. The van der Waals surface area contributed by atoms with Gasteiger partial charge in [-0.05, 0) is 36.2 Å². The van der Waals surface area contributed by atoms with Gasteiger partial charge in [0.05, 0.1) is 13.2 Å². The molecule has 3 N–H and O–H groups in total. The molecule has 8 nitrogen and oxygen atoms in total. The number of amides is 1. The molecule has 160 valence electrons. The molecule has 0 saturated carbocycles. The van der Waals surface area contributed by atoms with Gasteiger partial charge in [0.15, 0.2) is 5.82 Å². The Hall–Kier alpha value is -3.65. The van der Waals surface area contributed by atoms with Crippen molar-refractivity contribution in [2.45, 2.75) is 18.9 Å². The highest BCUT2D eigenvalue weighted by molar-refractivity contribution is 5.95. The largest absolute Gasteiger partial charge is 0.497 e. The number of carbonyl (C=O) groups is 1. The summed E-state index contributed by atoms with van der Waals surface area (Å²) in [5, 5.41) is 19.9. The molecule has 4 rings (SSSR count). The van der Waals surface area contributed by atoms with E-state index in [1.54, 1.807) is 36.1 Å². The van der Waals surface area contributed by atoms with Crippen LogP contribution in [0.15, 0.2) is 66.9 Å². The van der Waals surface area contributed by atoms with Gasteiger partial charge in [-0.25, -0.2) is 4.68 Å². The molecular weight excluding hydrogens is 394 g/mol. The molecule has 2 heterocycles. The number of aliphatic hydroxyl groups is 1. The topological polar surface area (TPSA) is 101 Å². The average Bonchev–Trinajstić information content (AvgIpc) is 3.20. The number of rotatable bonds is 7. The molecule has 2 atom stereocenters. The van der Waals surface area contributed by atoms with Gasteiger partial charge < -0.3 is 20.5 Å². The molecule has 0 aliphatic carbocycles. The van der Waals surface area contributed by atoms with Crippen LogP contribution in [0.5, 0.6) is 5.75 Å². The summed E-state index contributed by atoms with van der Waals surface area (Å²) in [7, 11) is 1.60. The van der Waals surface area contributed by atoms with Crippen LogP contribution in [-0.2, 0) is 11.2 Å². The van der Waals surface area contributed by atoms with Gasteiger partial charge in [0.25, 0.3) is 0 Å². The number of nitrogens with zero attached hydrogens (tertiary/aromatic N) is 3. The molecule has 1 aliphatic rings. The molecule has 0 fully saturated rings. The number of aromatic nitrogens is 3. The monoisotopic (exact) mass is 419 g/mol. The lowest BCUT2D eigenvalue weighted by molar-refractivity contribution is -0.119. The van der Waals surface area contributed by atoms with Gasteiger partial charge in [0.2, 0.25) is 11.9 Å². The number of hydrogen-bond donors (Lipinski definition) is 3. The number of hydrogen-bond acceptors (Lipinski definition) is 6. The Balaban J connectivity index is 1.68. The Bertz CT molecular complexity index is 1060. The van der Waals surface area contributed by atoms with Crippen molar-refractivity contribution in [3.63, 3.8) is 0 Å². The highest BCUT2D eigenvalue weighted by atomic mass is 16.5. The Labute approximate surface area is 180 Å². The molecule has 3 aromatic rings. The highest BCUT2D eigenvalue weighted by Gasteiger charge is 2.40. The fourth-order valence-electron chi connectivity index (χ4n) is 3.72. The summed E-state index contributed by atoms with van der Waals surface area (Å²) in [5.74, 6) is 1.06. The Morgan fingerprint density at radius 2 is 1.97 bits per heavy atom. The minimum absolute atomic E-state index is 0.0685. The van der Waals surface area contributed by atoms with Gasteiger partial charge in [0.1, 0.15) is 11.7 Å². The quantitative estimate of drug-likeness (QED) is 0.544. The average molecular weight is 419 g/mol. The Morgan fingerprint density at radius 3 is 2.65 bits per heavy atom. The Morgan fingerprint density at radius 1 is 1.23 bits per heavy atom. The molecule has 2 aromatic carbocycles. The van der Waals surface area contributed by atoms with Gasteiger partial charge in [0, 0.05) is 24.4 Å². The molecule has 1 aliphatic heterocycles. The second-order valence-corrected chi connectivity index (χ2v) is 7.32. The van der Waals surface area contributed by atoms with Gasteiger partial charge in [-0.3, -0.25) is 4.79 Å². The summed E-state index contributed by atoms with van der Waals surface area (Å²) in [5.41, 5.74) is 2.15. The first-order chi connectivity index (χ1) is 15.1. The molecule has 1 aromatic heterocycles. The fraction of sp³-hybridized carbons (Fsp3) is 0.261. The summed E-state index contributed by atoms with van der Waals surface area (Å²) in [6.45, 7) is 4.19. The first-order valence-corrected chi connectivity index (χ1v) is 10.1. The maximum atomic E-state index is 13.4. The van der Waals surface area contributed by atoms with Crippen molar-refractivity contribution in [2.75, 3.05) is 24.4 Å². The number of carbonyl (C=O) groups excluding carboxylic acids is 1. The molecule has 0 spiro atoms. The van der Waals surface area contributed by atoms with E-state index in [1.165, 1.54) is 0 Å². The minimum atomic E-state index is -0.607. The molecule has 31 heavy (non-hydrogen) atoms. The third-order valence-electron chi connectivity index (χ3n) is 5.24. The van der Waals surface area contributed by atoms with E-state index in [1.807, 2.05) is 30.3 Å². The van der Waals surface area contributed by atoms with E-state index in [2.05, 4.69) is 27.3 Å². The smallest absolute Gasteiger partial charge is 0.235 e. The first kappa shape index (κ1) is 20.6. The van der Waals surface area contributed by atoms with Crippen molar-refractivity contribution in [3.05, 3.63) is 78.3 Å². The summed E-state index contributed by atoms with van der Waals surface area (Å²) >= 11 is 0. The zero-order valence-electron chi connectivity index (χ0n) is 17.3. The van der Waals surface area contributed by atoms with E-state index in [9.17, 15) is 4.79 Å². The summed E-state index contributed by atoms with van der Waals surface area (Å²) in [6.07, 6.45) is 1.12. The second kappa shape index (κ2) is 9.01. The normalized spacial score (nSPS) is 17.5. The van der Waals surface area contributed by atoms with E-state index in [0.29, 0.717) is 41.7 Å². The van der Waals surface area contributed by atoms with E-state index < -0.39 is 12.0 Å². The fourth-order valence-corrected chi connectivity index (χ4v) is 3.72. The predicted octanol–water partition coefficient (Wildman–Crippen LogP) is 3.00. The number of aliphatic hydroxyl groups excluding tert-OH is 1. The lowest BCUT2D eigenvalue weighted by Gasteiger charge is -2.33. The Kier molecular flexibility index (Phi) is 5.99. The van der Waals surface area contributed by atoms with Crippen molar-refractivity contribution in [2.24, 2.45) is 5.92 Å². The third kappa shape index (κ3) is 4.29. The standard InChI is InChI=1S/C23H25N5O3/c1-15-20(22(30)25-17-10-12-18(31-2)13-11-17)21(16-7-4-3-5-8-16)28-23(24-15)26-19(27-28)9-6-14-29/h3-5,7-8,10-13,20-21,29H,1,6,9,14H2,2H3,(H,25,30)(H,24,26,27)/t20-,21-/m0/s1. The number of methoxy groups -OCH3 is 1. The van der Waals surface area contributed by atoms with Crippen LogP contribution in [0.2, 0.25) is 0 Å². The van der Waals surface area contributed by atoms with E-state index >= 15 is 0 Å². The number of benzene rings is 2. The lowest BCUT2D eigenvalue weighted by atomic mass is 9.88. The zero-order valence-corrected chi connectivity index (χ0v) is 17.3. The maximum absolute atomic E-state index is 13.4. The zero-order chi connectivity index (χ0) is 21.8. The summed E-state index contributed by atoms with van der Waals surface area (Å²) in [6, 6.07) is 16.5. The number of fused-ring (bicyclic) bond motifs is 1. The van der Waals surface area contributed by atoms with Crippen molar-refractivity contribution < 1.29 is 14.6 Å². The van der Waals surface area contributed by atoms with Crippen LogP contribution in [0.25, 0.3) is 0 Å².